The molecule has 0 amide bonds. The maximum absolute atomic E-state index is 6.22. The van der Waals surface area contributed by atoms with Crippen LogP contribution < -0.4 is 15.4 Å². The minimum atomic E-state index is 0.116. The highest BCUT2D eigenvalue weighted by atomic mass is 16.5. The highest BCUT2D eigenvalue weighted by molar-refractivity contribution is 5.60. The third-order valence-corrected chi connectivity index (χ3v) is 3.02. The van der Waals surface area contributed by atoms with Gasteiger partial charge in [-0.1, -0.05) is 31.9 Å². The van der Waals surface area contributed by atoms with Crippen LogP contribution >= 0.6 is 0 Å². The van der Waals surface area contributed by atoms with Gasteiger partial charge in [-0.2, -0.15) is 0 Å². The van der Waals surface area contributed by atoms with Crippen molar-refractivity contribution in [3.8, 4) is 5.75 Å². The van der Waals surface area contributed by atoms with Gasteiger partial charge in [-0.3, -0.25) is 0 Å². The number of nitrogens with two attached hydrogens (primary N) is 1. The van der Waals surface area contributed by atoms with E-state index in [1.165, 1.54) is 12.8 Å². The monoisotopic (exact) mass is 220 g/mol. The lowest BCUT2D eigenvalue weighted by Crippen LogP contribution is -2.46. The van der Waals surface area contributed by atoms with Gasteiger partial charge in [0.25, 0.3) is 0 Å². The zero-order valence-corrected chi connectivity index (χ0v) is 9.86. The summed E-state index contributed by atoms with van der Waals surface area (Å²) < 4.78 is 5.61. The molecule has 1 aromatic carbocycles. The van der Waals surface area contributed by atoms with Gasteiger partial charge in [0.15, 0.2) is 0 Å². The Bertz CT molecular complexity index is 340. The van der Waals surface area contributed by atoms with Crippen LogP contribution in [-0.4, -0.2) is 19.3 Å². The molecule has 0 aliphatic carbocycles. The minimum Gasteiger partial charge on any atom is -0.490 e. The van der Waals surface area contributed by atoms with Gasteiger partial charge in [0.05, 0.1) is 18.4 Å². The fraction of sp³-hybridized carbons (Fsp3) is 0.538. The van der Waals surface area contributed by atoms with E-state index in [-0.39, 0.29) is 6.17 Å². The summed E-state index contributed by atoms with van der Waals surface area (Å²) in [6.07, 6.45) is 3.54. The molecule has 2 N–H and O–H groups in total. The average Bonchev–Trinajstić information content (AvgIpc) is 2.35. The molecule has 2 rings (SSSR count). The number of hydrogen-bond donors (Lipinski definition) is 1. The fourth-order valence-electron chi connectivity index (χ4n) is 2.10. The lowest BCUT2D eigenvalue weighted by atomic mass is 10.1. The van der Waals surface area contributed by atoms with Crippen LogP contribution in [0.15, 0.2) is 24.3 Å². The van der Waals surface area contributed by atoms with Gasteiger partial charge in [0.2, 0.25) is 0 Å². The third-order valence-electron chi connectivity index (χ3n) is 3.02. The molecule has 0 fully saturated rings. The maximum atomic E-state index is 6.22. The Hall–Kier alpha value is -1.22. The summed E-state index contributed by atoms with van der Waals surface area (Å²) in [6, 6.07) is 8.13. The zero-order valence-electron chi connectivity index (χ0n) is 9.86. The standard InChI is InChI=1S/C13H20N2O/c1-2-3-8-13(14)15-9-10-16-12-7-5-4-6-11(12)15/h4-7,13H,2-3,8-10,14H2,1H3. The molecule has 16 heavy (non-hydrogen) atoms. The number of anilines is 1. The van der Waals surface area contributed by atoms with E-state index in [4.69, 9.17) is 10.5 Å². The summed E-state index contributed by atoms with van der Waals surface area (Å²) in [5.74, 6) is 0.959. The van der Waals surface area contributed by atoms with Crippen molar-refractivity contribution in [2.24, 2.45) is 5.73 Å². The molecule has 1 aromatic rings. The smallest absolute Gasteiger partial charge is 0.142 e. The van der Waals surface area contributed by atoms with Crippen LogP contribution in [0.25, 0.3) is 0 Å². The van der Waals surface area contributed by atoms with Crippen molar-refractivity contribution >= 4 is 5.69 Å². The normalized spacial score (nSPS) is 16.5. The molecular formula is C13H20N2O. The second-order valence-electron chi connectivity index (χ2n) is 4.22. The van der Waals surface area contributed by atoms with Crippen LogP contribution in [0.5, 0.6) is 5.75 Å². The van der Waals surface area contributed by atoms with Crippen molar-refractivity contribution in [3.63, 3.8) is 0 Å². The molecule has 1 aliphatic rings. The Balaban J connectivity index is 2.12. The van der Waals surface area contributed by atoms with Crippen molar-refractivity contribution in [2.75, 3.05) is 18.1 Å². The first-order valence-electron chi connectivity index (χ1n) is 6.07. The maximum Gasteiger partial charge on any atom is 0.142 e. The van der Waals surface area contributed by atoms with Crippen molar-refractivity contribution in [1.29, 1.82) is 0 Å². The van der Waals surface area contributed by atoms with E-state index in [9.17, 15) is 0 Å². The Kier molecular flexibility index (Phi) is 3.67. The van der Waals surface area contributed by atoms with Crippen molar-refractivity contribution in [1.82, 2.24) is 0 Å². The van der Waals surface area contributed by atoms with E-state index in [0.717, 1.165) is 31.0 Å². The molecule has 0 saturated heterocycles. The van der Waals surface area contributed by atoms with Crippen molar-refractivity contribution in [3.05, 3.63) is 24.3 Å². The fourth-order valence-corrected chi connectivity index (χ4v) is 2.10. The molecule has 1 unspecified atom stereocenters. The largest absolute Gasteiger partial charge is 0.490 e. The quantitative estimate of drug-likeness (QED) is 0.846. The number of hydrogen-bond acceptors (Lipinski definition) is 3. The number of unbranched alkanes of at least 4 members (excludes halogenated alkanes) is 1. The molecule has 3 nitrogen and oxygen atoms in total. The first-order valence-corrected chi connectivity index (χ1v) is 6.07. The molecule has 1 aliphatic heterocycles. The molecule has 88 valence electrons. The van der Waals surface area contributed by atoms with Crippen LogP contribution in [0.3, 0.4) is 0 Å². The number of fused-ring (bicyclic) bond motifs is 1. The summed E-state index contributed by atoms with van der Waals surface area (Å²) in [4.78, 5) is 2.26. The van der Waals surface area contributed by atoms with Crippen LogP contribution in [0.1, 0.15) is 26.2 Å². The Labute approximate surface area is 97.2 Å². The Morgan fingerprint density at radius 2 is 2.25 bits per heavy atom. The molecule has 0 saturated carbocycles. The van der Waals surface area contributed by atoms with E-state index < -0.39 is 0 Å². The van der Waals surface area contributed by atoms with Gasteiger partial charge < -0.3 is 15.4 Å². The predicted octanol–water partition coefficient (Wildman–Crippen LogP) is 2.36. The second kappa shape index (κ2) is 5.21. The highest BCUT2D eigenvalue weighted by Gasteiger charge is 2.21. The molecule has 0 aromatic heterocycles. The number of nitrogens with zero attached hydrogens (tertiary/aromatic N) is 1. The van der Waals surface area contributed by atoms with E-state index in [2.05, 4.69) is 17.9 Å². The molecule has 0 radical (unpaired) electrons. The highest BCUT2D eigenvalue weighted by Crippen LogP contribution is 2.32. The van der Waals surface area contributed by atoms with E-state index in [1.54, 1.807) is 0 Å². The Morgan fingerprint density at radius 1 is 1.44 bits per heavy atom. The Morgan fingerprint density at radius 3 is 3.06 bits per heavy atom. The van der Waals surface area contributed by atoms with Crippen LogP contribution in [0, 0.1) is 0 Å². The number of rotatable bonds is 4. The van der Waals surface area contributed by atoms with Gasteiger partial charge in [-0.25, -0.2) is 0 Å². The number of ether oxygens (including phenoxy) is 1. The topological polar surface area (TPSA) is 38.5 Å². The van der Waals surface area contributed by atoms with Gasteiger partial charge in [-0.15, -0.1) is 0 Å². The van der Waals surface area contributed by atoms with Gasteiger partial charge >= 0.3 is 0 Å². The lowest BCUT2D eigenvalue weighted by molar-refractivity contribution is 0.298. The van der Waals surface area contributed by atoms with Gasteiger partial charge in [-0.05, 0) is 18.6 Å². The van der Waals surface area contributed by atoms with Crippen LogP contribution in [0.4, 0.5) is 5.69 Å². The summed E-state index contributed by atoms with van der Waals surface area (Å²) in [6.45, 7) is 3.82. The molecule has 1 atom stereocenters. The number of benzene rings is 1. The molecule has 0 spiro atoms. The van der Waals surface area contributed by atoms with Gasteiger partial charge in [0, 0.05) is 0 Å². The molecule has 1 heterocycles. The summed E-state index contributed by atoms with van der Waals surface area (Å²) in [7, 11) is 0. The second-order valence-corrected chi connectivity index (χ2v) is 4.22. The molecule has 3 heteroatoms. The first kappa shape index (κ1) is 11.3. The lowest BCUT2D eigenvalue weighted by Gasteiger charge is -2.35. The minimum absolute atomic E-state index is 0.116. The summed E-state index contributed by atoms with van der Waals surface area (Å²) >= 11 is 0. The van der Waals surface area contributed by atoms with Crippen LogP contribution in [-0.2, 0) is 0 Å². The summed E-state index contributed by atoms with van der Waals surface area (Å²) in [5.41, 5.74) is 7.36. The summed E-state index contributed by atoms with van der Waals surface area (Å²) in [5, 5.41) is 0. The van der Waals surface area contributed by atoms with E-state index in [1.807, 2.05) is 18.2 Å². The van der Waals surface area contributed by atoms with E-state index >= 15 is 0 Å². The van der Waals surface area contributed by atoms with Crippen LogP contribution in [0.2, 0.25) is 0 Å². The third kappa shape index (κ3) is 2.30. The SMILES string of the molecule is CCCCC(N)N1CCOc2ccccc21. The zero-order chi connectivity index (χ0) is 11.4. The first-order chi connectivity index (χ1) is 7.83. The molecular weight excluding hydrogens is 200 g/mol. The van der Waals surface area contributed by atoms with Crippen molar-refractivity contribution in [2.45, 2.75) is 32.4 Å². The average molecular weight is 220 g/mol. The molecule has 0 bridgehead atoms. The van der Waals surface area contributed by atoms with Gasteiger partial charge in [0.1, 0.15) is 12.4 Å². The van der Waals surface area contributed by atoms with E-state index in [0.29, 0.717) is 0 Å². The number of para-hydroxylation sites is 2. The van der Waals surface area contributed by atoms with Crippen molar-refractivity contribution < 1.29 is 4.74 Å². The predicted molar refractivity (Wildman–Crippen MR) is 66.8 cm³/mol.